The molecule has 0 aliphatic carbocycles. The molecule has 0 saturated carbocycles. The van der Waals surface area contributed by atoms with Gasteiger partial charge in [-0.15, -0.1) is 0 Å². The maximum absolute atomic E-state index is 11.2. The first-order valence-corrected chi connectivity index (χ1v) is 4.33. The number of rotatable bonds is 2. The molecule has 5 heteroatoms. The van der Waals surface area contributed by atoms with E-state index in [2.05, 4.69) is 9.97 Å². The van der Waals surface area contributed by atoms with Crippen LogP contribution in [0.4, 0.5) is 0 Å². The van der Waals surface area contributed by atoms with Gasteiger partial charge in [-0.2, -0.15) is 9.97 Å². The molecule has 1 aromatic heterocycles. The number of aromatic nitrogens is 2. The van der Waals surface area contributed by atoms with E-state index < -0.39 is 5.91 Å². The highest BCUT2D eigenvalue weighted by Gasteiger charge is 2.11. The molecule has 0 aliphatic heterocycles. The monoisotopic (exact) mass is 203 g/mol. The van der Waals surface area contributed by atoms with Crippen LogP contribution in [0.25, 0.3) is 10.9 Å². The maximum atomic E-state index is 11.2. The van der Waals surface area contributed by atoms with Crippen LogP contribution in [-0.2, 0) is 0 Å². The van der Waals surface area contributed by atoms with E-state index in [1.165, 1.54) is 7.11 Å². The van der Waals surface area contributed by atoms with Crippen molar-refractivity contribution in [2.75, 3.05) is 7.11 Å². The number of hydrogen-bond donors (Lipinski definition) is 1. The van der Waals surface area contributed by atoms with Gasteiger partial charge in [0.1, 0.15) is 5.69 Å². The molecule has 1 amide bonds. The minimum atomic E-state index is -0.591. The summed E-state index contributed by atoms with van der Waals surface area (Å²) in [5.41, 5.74) is 6.03. The Labute approximate surface area is 85.9 Å². The normalized spacial score (nSPS) is 10.2. The van der Waals surface area contributed by atoms with Crippen LogP contribution in [0.15, 0.2) is 24.3 Å². The first kappa shape index (κ1) is 9.39. The number of carbonyl (C=O) groups is 1. The molecule has 76 valence electrons. The second-order valence-electron chi connectivity index (χ2n) is 2.94. The van der Waals surface area contributed by atoms with E-state index in [-0.39, 0.29) is 11.7 Å². The molecule has 2 rings (SSSR count). The lowest BCUT2D eigenvalue weighted by Gasteiger charge is -2.04. The second kappa shape index (κ2) is 3.53. The van der Waals surface area contributed by atoms with Crippen molar-refractivity contribution in [3.63, 3.8) is 0 Å². The van der Waals surface area contributed by atoms with Crippen LogP contribution >= 0.6 is 0 Å². The Balaban J connectivity index is 2.80. The van der Waals surface area contributed by atoms with Crippen molar-refractivity contribution >= 4 is 16.8 Å². The number of benzene rings is 1. The Hall–Kier alpha value is -2.17. The molecule has 0 radical (unpaired) electrons. The lowest BCUT2D eigenvalue weighted by Crippen LogP contribution is -2.14. The Morgan fingerprint density at radius 3 is 2.73 bits per heavy atom. The van der Waals surface area contributed by atoms with Gasteiger partial charge < -0.3 is 10.5 Å². The highest BCUT2D eigenvalue weighted by molar-refractivity contribution is 6.03. The molecule has 2 aromatic rings. The molecule has 2 N–H and O–H groups in total. The number of ether oxygens (including phenoxy) is 1. The number of nitrogens with two attached hydrogens (primary N) is 1. The van der Waals surface area contributed by atoms with E-state index in [0.29, 0.717) is 10.9 Å². The van der Waals surface area contributed by atoms with Gasteiger partial charge in [-0.05, 0) is 6.07 Å². The Morgan fingerprint density at radius 2 is 2.07 bits per heavy atom. The van der Waals surface area contributed by atoms with Crippen molar-refractivity contribution in [2.45, 2.75) is 0 Å². The lowest BCUT2D eigenvalue weighted by molar-refractivity contribution is 0.0996. The maximum Gasteiger partial charge on any atom is 0.317 e. The molecule has 1 heterocycles. The van der Waals surface area contributed by atoms with Crippen molar-refractivity contribution in [1.29, 1.82) is 0 Å². The summed E-state index contributed by atoms with van der Waals surface area (Å²) in [6.45, 7) is 0. The van der Waals surface area contributed by atoms with Gasteiger partial charge in [-0.1, -0.05) is 18.2 Å². The van der Waals surface area contributed by atoms with Gasteiger partial charge in [0.15, 0.2) is 0 Å². The fraction of sp³-hybridized carbons (Fsp3) is 0.100. The molecule has 0 bridgehead atoms. The predicted molar refractivity (Wildman–Crippen MR) is 54.6 cm³/mol. The average molecular weight is 203 g/mol. The van der Waals surface area contributed by atoms with Gasteiger partial charge in [0, 0.05) is 5.39 Å². The molecule has 1 aromatic carbocycles. The summed E-state index contributed by atoms with van der Waals surface area (Å²) < 4.78 is 4.88. The quantitative estimate of drug-likeness (QED) is 0.780. The fourth-order valence-electron chi connectivity index (χ4n) is 1.33. The third kappa shape index (κ3) is 1.59. The van der Waals surface area contributed by atoms with Crippen molar-refractivity contribution in [3.05, 3.63) is 30.0 Å². The van der Waals surface area contributed by atoms with Crippen LogP contribution in [0.5, 0.6) is 6.01 Å². The average Bonchev–Trinajstić information content (AvgIpc) is 2.27. The molecule has 0 saturated heterocycles. The van der Waals surface area contributed by atoms with Gasteiger partial charge in [0.25, 0.3) is 5.91 Å². The van der Waals surface area contributed by atoms with Gasteiger partial charge >= 0.3 is 6.01 Å². The lowest BCUT2D eigenvalue weighted by atomic mass is 10.2. The van der Waals surface area contributed by atoms with Gasteiger partial charge in [0.05, 0.1) is 12.6 Å². The third-order valence-electron chi connectivity index (χ3n) is 2.00. The first-order valence-electron chi connectivity index (χ1n) is 4.33. The van der Waals surface area contributed by atoms with E-state index >= 15 is 0 Å². The molecule has 0 unspecified atom stereocenters. The van der Waals surface area contributed by atoms with Gasteiger partial charge in [-0.25, -0.2) is 0 Å². The number of amides is 1. The first-order chi connectivity index (χ1) is 7.22. The van der Waals surface area contributed by atoms with E-state index in [9.17, 15) is 4.79 Å². The van der Waals surface area contributed by atoms with Crippen LogP contribution in [0, 0.1) is 0 Å². The van der Waals surface area contributed by atoms with Gasteiger partial charge in [-0.3, -0.25) is 4.79 Å². The number of methoxy groups -OCH3 is 1. The highest BCUT2D eigenvalue weighted by Crippen LogP contribution is 2.17. The number of primary amides is 1. The summed E-state index contributed by atoms with van der Waals surface area (Å²) in [6.07, 6.45) is 0. The molecule has 0 fully saturated rings. The molecule has 0 aliphatic rings. The summed E-state index contributed by atoms with van der Waals surface area (Å²) >= 11 is 0. The standard InChI is InChI=1S/C10H9N3O2/c1-15-10-12-7-5-3-2-4-6(7)8(13-10)9(11)14/h2-5H,1H3,(H2,11,14). The number of hydrogen-bond acceptors (Lipinski definition) is 4. The van der Waals surface area contributed by atoms with Crippen molar-refractivity contribution in [2.24, 2.45) is 5.73 Å². The van der Waals surface area contributed by atoms with E-state index in [0.717, 1.165) is 0 Å². The van der Waals surface area contributed by atoms with Crippen molar-refractivity contribution in [3.8, 4) is 6.01 Å². The molecular formula is C10H9N3O2. The summed E-state index contributed by atoms with van der Waals surface area (Å²) in [6, 6.07) is 7.27. The molecule has 0 spiro atoms. The van der Waals surface area contributed by atoms with Crippen LogP contribution in [0.1, 0.15) is 10.5 Å². The molecule has 5 nitrogen and oxygen atoms in total. The van der Waals surface area contributed by atoms with Crippen molar-refractivity contribution in [1.82, 2.24) is 9.97 Å². The molecular weight excluding hydrogens is 194 g/mol. The third-order valence-corrected chi connectivity index (χ3v) is 2.00. The SMILES string of the molecule is COc1nc(C(N)=O)c2ccccc2n1. The minimum absolute atomic E-state index is 0.141. The van der Waals surface area contributed by atoms with Crippen LogP contribution < -0.4 is 10.5 Å². The Kier molecular flexibility index (Phi) is 2.21. The minimum Gasteiger partial charge on any atom is -0.467 e. The van der Waals surface area contributed by atoms with Crippen molar-refractivity contribution < 1.29 is 9.53 Å². The zero-order valence-electron chi connectivity index (χ0n) is 8.10. The fourth-order valence-corrected chi connectivity index (χ4v) is 1.33. The summed E-state index contributed by atoms with van der Waals surface area (Å²) in [7, 11) is 1.44. The zero-order chi connectivity index (χ0) is 10.8. The number of para-hydroxylation sites is 1. The summed E-state index contributed by atoms with van der Waals surface area (Å²) in [5, 5.41) is 0.630. The zero-order valence-corrected chi connectivity index (χ0v) is 8.10. The highest BCUT2D eigenvalue weighted by atomic mass is 16.5. The van der Waals surface area contributed by atoms with Gasteiger partial charge in [0.2, 0.25) is 0 Å². The summed E-state index contributed by atoms with van der Waals surface area (Å²) in [4.78, 5) is 19.2. The predicted octanol–water partition coefficient (Wildman–Crippen LogP) is 0.737. The second-order valence-corrected chi connectivity index (χ2v) is 2.94. The van der Waals surface area contributed by atoms with Crippen LogP contribution in [0.3, 0.4) is 0 Å². The van der Waals surface area contributed by atoms with Crippen LogP contribution in [0.2, 0.25) is 0 Å². The number of carbonyl (C=O) groups excluding carboxylic acids is 1. The number of nitrogens with zero attached hydrogens (tertiary/aromatic N) is 2. The smallest absolute Gasteiger partial charge is 0.317 e. The Bertz CT molecular complexity index is 525. The van der Waals surface area contributed by atoms with E-state index in [1.807, 2.05) is 6.07 Å². The van der Waals surface area contributed by atoms with E-state index in [1.54, 1.807) is 18.2 Å². The summed E-state index contributed by atoms with van der Waals surface area (Å²) in [5.74, 6) is -0.591. The molecule has 0 atom stereocenters. The molecule has 15 heavy (non-hydrogen) atoms. The Morgan fingerprint density at radius 1 is 1.33 bits per heavy atom. The van der Waals surface area contributed by atoms with Crippen LogP contribution in [-0.4, -0.2) is 23.0 Å². The largest absolute Gasteiger partial charge is 0.467 e. The topological polar surface area (TPSA) is 78.1 Å². The van der Waals surface area contributed by atoms with E-state index in [4.69, 9.17) is 10.5 Å². The number of fused-ring (bicyclic) bond motifs is 1.